The van der Waals surface area contributed by atoms with Crippen LogP contribution in [0.5, 0.6) is 0 Å². The maximum atomic E-state index is 2.54. The number of fused-ring (bicyclic) bond motifs is 15. The zero-order valence-corrected chi connectivity index (χ0v) is 34.7. The van der Waals surface area contributed by atoms with Crippen molar-refractivity contribution in [3.05, 3.63) is 180 Å². The van der Waals surface area contributed by atoms with Crippen molar-refractivity contribution in [3.63, 3.8) is 0 Å². The molecule has 0 amide bonds. The molecule has 0 heterocycles. The zero-order chi connectivity index (χ0) is 40.2. The molecule has 0 N–H and O–H groups in total. The highest BCUT2D eigenvalue weighted by Crippen LogP contribution is 2.61. The van der Waals surface area contributed by atoms with Crippen molar-refractivity contribution < 1.29 is 0 Å². The predicted octanol–water partition coefficient (Wildman–Crippen LogP) is 17.0. The molecule has 0 aromatic heterocycles. The van der Waals surface area contributed by atoms with Crippen molar-refractivity contribution >= 4 is 64.6 Å². The Kier molecular flexibility index (Phi) is 6.68. The number of aryl methyl sites for hydroxylation is 2. The van der Waals surface area contributed by atoms with Crippen LogP contribution in [-0.2, 0) is 25.7 Å². The molecule has 0 spiro atoms. The van der Waals surface area contributed by atoms with Gasteiger partial charge in [-0.05, 0) is 223 Å². The molecule has 0 saturated carbocycles. The van der Waals surface area contributed by atoms with Gasteiger partial charge in [-0.15, -0.1) is 0 Å². The van der Waals surface area contributed by atoms with Crippen LogP contribution in [0.3, 0.4) is 0 Å². The van der Waals surface area contributed by atoms with Crippen molar-refractivity contribution in [2.45, 2.75) is 51.4 Å². The molecular formula is C62H42. The predicted molar refractivity (Wildman–Crippen MR) is 264 cm³/mol. The van der Waals surface area contributed by atoms with Crippen LogP contribution in [0, 0.1) is 0 Å². The molecule has 0 nitrogen and oxygen atoms in total. The third-order valence-electron chi connectivity index (χ3n) is 15.7. The minimum atomic E-state index is 1.13. The summed E-state index contributed by atoms with van der Waals surface area (Å²) in [5.41, 5.74) is 23.0. The van der Waals surface area contributed by atoms with E-state index >= 15 is 0 Å². The second kappa shape index (κ2) is 12.3. The standard InChI is InChI=1S/C62H42/c1-4-19-40-35(12-1)15-7-22-45(40)58-51-31-30-43-49(29-28-39-32-53-47-24-9-17-37-18-10-25-48(56(37)47)54(53)34-52(39)43)59(51)60(46-23-8-16-36-13-2-5-20-41(36)46)61-50-27-11-26-44-42-21-6-3-14-38(42)33-55(57(44)50)62(58)61/h3,6-11,14-18,21-34H,1-2,4-5,12-13,19-20H2. The molecule has 0 heteroatoms. The van der Waals surface area contributed by atoms with Gasteiger partial charge in [-0.3, -0.25) is 0 Å². The molecule has 0 saturated heterocycles. The van der Waals surface area contributed by atoms with Crippen molar-refractivity contribution in [1.29, 1.82) is 0 Å². The molecule has 290 valence electrons. The molecule has 62 heavy (non-hydrogen) atoms. The van der Waals surface area contributed by atoms with E-state index < -0.39 is 0 Å². The van der Waals surface area contributed by atoms with Crippen LogP contribution in [0.15, 0.2) is 158 Å². The summed E-state index contributed by atoms with van der Waals surface area (Å²) >= 11 is 0. The highest BCUT2D eigenvalue weighted by molar-refractivity contribution is 6.35. The molecular weight excluding hydrogens is 745 g/mol. The molecule has 0 atom stereocenters. The summed E-state index contributed by atoms with van der Waals surface area (Å²) < 4.78 is 0. The van der Waals surface area contributed by atoms with Crippen LogP contribution >= 0.6 is 0 Å². The average molecular weight is 787 g/mol. The second-order valence-electron chi connectivity index (χ2n) is 18.7. The molecule has 4 aliphatic carbocycles. The van der Waals surface area contributed by atoms with Gasteiger partial charge in [0.25, 0.3) is 0 Å². The highest BCUT2D eigenvalue weighted by Gasteiger charge is 2.34. The van der Waals surface area contributed by atoms with E-state index in [-0.39, 0.29) is 0 Å². The maximum Gasteiger partial charge on any atom is -0.000708 e. The number of hydrogen-bond acceptors (Lipinski definition) is 0. The van der Waals surface area contributed by atoms with Crippen LogP contribution in [0.25, 0.3) is 131 Å². The fraction of sp³-hybridized carbons (Fsp3) is 0.129. The topological polar surface area (TPSA) is 0 Å². The number of benzene rings is 11. The van der Waals surface area contributed by atoms with Gasteiger partial charge in [0.15, 0.2) is 0 Å². The number of rotatable bonds is 2. The zero-order valence-electron chi connectivity index (χ0n) is 34.7. The summed E-state index contributed by atoms with van der Waals surface area (Å²) in [6, 6.07) is 61.8. The fourth-order valence-electron chi connectivity index (χ4n) is 13.1. The first kappa shape index (κ1) is 33.7. The van der Waals surface area contributed by atoms with Crippen LogP contribution in [-0.4, -0.2) is 0 Å². The molecule has 0 unspecified atom stereocenters. The van der Waals surface area contributed by atoms with E-state index in [4.69, 9.17) is 0 Å². The van der Waals surface area contributed by atoms with Gasteiger partial charge in [-0.25, -0.2) is 0 Å². The molecule has 0 aliphatic heterocycles. The largest absolute Gasteiger partial charge is 0.0616 e. The van der Waals surface area contributed by atoms with Crippen LogP contribution in [0.1, 0.15) is 47.9 Å². The third-order valence-corrected chi connectivity index (χ3v) is 15.7. The van der Waals surface area contributed by atoms with Crippen molar-refractivity contribution in [2.24, 2.45) is 0 Å². The van der Waals surface area contributed by atoms with Crippen LogP contribution < -0.4 is 0 Å². The Morgan fingerprint density at radius 1 is 0.242 bits per heavy atom. The lowest BCUT2D eigenvalue weighted by molar-refractivity contribution is 0.687. The van der Waals surface area contributed by atoms with Crippen molar-refractivity contribution in [2.75, 3.05) is 0 Å². The van der Waals surface area contributed by atoms with Gasteiger partial charge in [-0.2, -0.15) is 0 Å². The normalized spacial score (nSPS) is 14.6. The highest BCUT2D eigenvalue weighted by atomic mass is 14.4. The molecule has 11 aromatic rings. The maximum absolute atomic E-state index is 2.54. The van der Waals surface area contributed by atoms with E-state index in [0.29, 0.717) is 0 Å². The Bertz CT molecular complexity index is 3850. The Balaban J connectivity index is 1.16. The first-order valence-electron chi connectivity index (χ1n) is 23.0. The smallest absolute Gasteiger partial charge is 0.000708 e. The minimum absolute atomic E-state index is 1.13. The molecule has 0 radical (unpaired) electrons. The van der Waals surface area contributed by atoms with Gasteiger partial charge in [0.2, 0.25) is 0 Å². The van der Waals surface area contributed by atoms with Crippen molar-refractivity contribution in [3.8, 4) is 66.8 Å². The lowest BCUT2D eigenvalue weighted by Crippen LogP contribution is -2.07. The van der Waals surface area contributed by atoms with E-state index in [1.54, 1.807) is 11.1 Å². The summed E-state index contributed by atoms with van der Waals surface area (Å²) in [6.45, 7) is 0. The minimum Gasteiger partial charge on any atom is -0.0616 e. The summed E-state index contributed by atoms with van der Waals surface area (Å²) in [6.07, 6.45) is 9.60. The van der Waals surface area contributed by atoms with Crippen LogP contribution in [0.2, 0.25) is 0 Å². The summed E-state index contributed by atoms with van der Waals surface area (Å²) in [7, 11) is 0. The summed E-state index contributed by atoms with van der Waals surface area (Å²) in [5, 5.41) is 16.3. The molecule has 0 fully saturated rings. The number of hydrogen-bond donors (Lipinski definition) is 0. The Hall–Kier alpha value is -7.02. The van der Waals surface area contributed by atoms with E-state index in [2.05, 4.69) is 158 Å². The first-order valence-corrected chi connectivity index (χ1v) is 23.0. The fourth-order valence-corrected chi connectivity index (χ4v) is 13.1. The SMILES string of the molecule is c1cc2c(c(-c3c4c(c(-c5cccc6c5CCCC6)c5c3ccc3c6cc7c(cc6ccc35)-c3cccc5cccc-7c35)-c3cccc5c3c-4cc3ccccc35)c1)CCCC2. The quantitative estimate of drug-likeness (QED) is 0.153. The van der Waals surface area contributed by atoms with Gasteiger partial charge < -0.3 is 0 Å². The van der Waals surface area contributed by atoms with Gasteiger partial charge in [-0.1, -0.05) is 140 Å². The second-order valence-corrected chi connectivity index (χ2v) is 18.7. The molecule has 4 aliphatic rings. The summed E-state index contributed by atoms with van der Waals surface area (Å²) in [5.74, 6) is 0. The Morgan fingerprint density at radius 3 is 1.56 bits per heavy atom. The molecule has 0 bridgehead atoms. The summed E-state index contributed by atoms with van der Waals surface area (Å²) in [4.78, 5) is 0. The molecule has 11 aromatic carbocycles. The lowest BCUT2D eigenvalue weighted by atomic mass is 9.76. The molecule has 15 rings (SSSR count). The van der Waals surface area contributed by atoms with E-state index in [9.17, 15) is 0 Å². The lowest BCUT2D eigenvalue weighted by Gasteiger charge is -2.27. The van der Waals surface area contributed by atoms with Crippen molar-refractivity contribution in [1.82, 2.24) is 0 Å². The van der Waals surface area contributed by atoms with E-state index in [0.717, 1.165) is 25.7 Å². The van der Waals surface area contributed by atoms with Gasteiger partial charge in [0.05, 0.1) is 0 Å². The van der Waals surface area contributed by atoms with Gasteiger partial charge >= 0.3 is 0 Å². The third kappa shape index (κ3) is 4.32. The Morgan fingerprint density at radius 2 is 0.774 bits per heavy atom. The van der Waals surface area contributed by atoms with E-state index in [1.807, 2.05) is 0 Å². The van der Waals surface area contributed by atoms with E-state index in [1.165, 1.54) is 168 Å². The average Bonchev–Trinajstić information content (AvgIpc) is 3.83. The Labute approximate surface area is 361 Å². The first-order chi connectivity index (χ1) is 30.8. The van der Waals surface area contributed by atoms with Crippen LogP contribution in [0.4, 0.5) is 0 Å². The monoisotopic (exact) mass is 786 g/mol. The van der Waals surface area contributed by atoms with Gasteiger partial charge in [0.1, 0.15) is 0 Å². The van der Waals surface area contributed by atoms with Gasteiger partial charge in [0, 0.05) is 0 Å².